The molecular formula is C11H12N4OS. The van der Waals surface area contributed by atoms with Crippen molar-refractivity contribution in [2.24, 2.45) is 0 Å². The standard InChI is InChI=1S/C11H12N4OS/c16-11(15-9-3-1-2-5-12-9)14-6-4-10-13-7-8-17-10/h1-3,5,7-8H,4,6H2,(H2,12,14,15,16). The number of carbonyl (C=O) groups excluding carboxylic acids is 1. The molecule has 0 aliphatic heterocycles. The molecule has 6 heteroatoms. The number of carbonyl (C=O) groups is 1. The van der Waals surface area contributed by atoms with Gasteiger partial charge < -0.3 is 5.32 Å². The Morgan fingerprint density at radius 1 is 1.29 bits per heavy atom. The molecule has 0 spiro atoms. The van der Waals surface area contributed by atoms with Gasteiger partial charge in [0, 0.05) is 30.7 Å². The molecule has 2 rings (SSSR count). The van der Waals surface area contributed by atoms with E-state index < -0.39 is 0 Å². The monoisotopic (exact) mass is 248 g/mol. The number of amides is 2. The fraction of sp³-hybridized carbons (Fsp3) is 0.182. The maximum absolute atomic E-state index is 11.5. The topological polar surface area (TPSA) is 66.9 Å². The second kappa shape index (κ2) is 5.95. The Morgan fingerprint density at radius 2 is 2.24 bits per heavy atom. The molecule has 0 saturated heterocycles. The number of urea groups is 1. The summed E-state index contributed by atoms with van der Waals surface area (Å²) in [6, 6.07) is 5.10. The molecule has 0 atom stereocenters. The van der Waals surface area contributed by atoms with Crippen molar-refractivity contribution in [1.29, 1.82) is 0 Å². The Labute approximate surface area is 103 Å². The van der Waals surface area contributed by atoms with E-state index in [0.717, 1.165) is 11.4 Å². The second-order valence-electron chi connectivity index (χ2n) is 3.27. The zero-order chi connectivity index (χ0) is 11.9. The van der Waals surface area contributed by atoms with Crippen molar-refractivity contribution in [1.82, 2.24) is 15.3 Å². The number of thiazole rings is 1. The van der Waals surface area contributed by atoms with Crippen molar-refractivity contribution in [2.75, 3.05) is 11.9 Å². The lowest BCUT2D eigenvalue weighted by atomic mass is 10.4. The molecule has 0 aliphatic rings. The highest BCUT2D eigenvalue weighted by Crippen LogP contribution is 2.03. The Morgan fingerprint density at radius 3 is 2.94 bits per heavy atom. The molecule has 2 heterocycles. The van der Waals surface area contributed by atoms with Crippen LogP contribution in [0.2, 0.25) is 0 Å². The van der Waals surface area contributed by atoms with Gasteiger partial charge in [0.15, 0.2) is 0 Å². The molecule has 0 saturated carbocycles. The summed E-state index contributed by atoms with van der Waals surface area (Å²) < 4.78 is 0. The van der Waals surface area contributed by atoms with Crippen molar-refractivity contribution in [3.8, 4) is 0 Å². The molecule has 0 bridgehead atoms. The minimum absolute atomic E-state index is 0.250. The number of anilines is 1. The fourth-order valence-corrected chi connectivity index (χ4v) is 1.88. The molecule has 88 valence electrons. The van der Waals surface area contributed by atoms with Crippen LogP contribution in [-0.2, 0) is 6.42 Å². The normalized spacial score (nSPS) is 9.88. The van der Waals surface area contributed by atoms with Gasteiger partial charge in [-0.3, -0.25) is 5.32 Å². The summed E-state index contributed by atoms with van der Waals surface area (Å²) in [4.78, 5) is 19.6. The highest BCUT2D eigenvalue weighted by Gasteiger charge is 2.01. The molecular weight excluding hydrogens is 236 g/mol. The molecule has 0 radical (unpaired) electrons. The molecule has 0 aliphatic carbocycles. The van der Waals surface area contributed by atoms with E-state index in [0.29, 0.717) is 12.4 Å². The van der Waals surface area contributed by atoms with Crippen molar-refractivity contribution < 1.29 is 4.79 Å². The molecule has 2 N–H and O–H groups in total. The average molecular weight is 248 g/mol. The van der Waals surface area contributed by atoms with Gasteiger partial charge in [0.2, 0.25) is 0 Å². The summed E-state index contributed by atoms with van der Waals surface area (Å²) in [6.07, 6.45) is 4.13. The fourth-order valence-electron chi connectivity index (χ4n) is 1.26. The van der Waals surface area contributed by atoms with Gasteiger partial charge in [-0.1, -0.05) is 6.07 Å². The van der Waals surface area contributed by atoms with Crippen LogP contribution in [0.5, 0.6) is 0 Å². The number of rotatable bonds is 4. The third kappa shape index (κ3) is 3.84. The Bertz CT molecular complexity index is 458. The zero-order valence-corrected chi connectivity index (χ0v) is 9.91. The molecule has 2 aromatic rings. The van der Waals surface area contributed by atoms with Crippen molar-refractivity contribution in [3.05, 3.63) is 41.0 Å². The Kier molecular flexibility index (Phi) is 4.04. The highest BCUT2D eigenvalue weighted by molar-refractivity contribution is 7.09. The summed E-state index contributed by atoms with van der Waals surface area (Å²) in [6.45, 7) is 0.562. The van der Waals surface area contributed by atoms with Crippen LogP contribution in [0.3, 0.4) is 0 Å². The van der Waals surface area contributed by atoms with Crippen LogP contribution in [0.4, 0.5) is 10.6 Å². The molecule has 17 heavy (non-hydrogen) atoms. The van der Waals surface area contributed by atoms with Crippen LogP contribution >= 0.6 is 11.3 Å². The first-order valence-electron chi connectivity index (χ1n) is 5.19. The molecule has 0 aromatic carbocycles. The molecule has 2 aromatic heterocycles. The van der Waals surface area contributed by atoms with Crippen LogP contribution in [0.1, 0.15) is 5.01 Å². The lowest BCUT2D eigenvalue weighted by Crippen LogP contribution is -2.30. The predicted molar refractivity (Wildman–Crippen MR) is 67.1 cm³/mol. The number of pyridine rings is 1. The molecule has 2 amide bonds. The van der Waals surface area contributed by atoms with Gasteiger partial charge in [0.25, 0.3) is 0 Å². The van der Waals surface area contributed by atoms with Crippen LogP contribution in [-0.4, -0.2) is 22.5 Å². The lowest BCUT2D eigenvalue weighted by molar-refractivity contribution is 0.252. The van der Waals surface area contributed by atoms with Crippen LogP contribution in [0, 0.1) is 0 Å². The number of hydrogen-bond donors (Lipinski definition) is 2. The van der Waals surface area contributed by atoms with Crippen molar-refractivity contribution in [2.45, 2.75) is 6.42 Å². The molecule has 0 fully saturated rings. The van der Waals surface area contributed by atoms with Gasteiger partial charge >= 0.3 is 6.03 Å². The average Bonchev–Trinajstić information content (AvgIpc) is 2.83. The third-order valence-corrected chi connectivity index (χ3v) is 2.85. The van der Waals surface area contributed by atoms with Crippen LogP contribution in [0.15, 0.2) is 36.0 Å². The van der Waals surface area contributed by atoms with E-state index in [1.807, 2.05) is 11.4 Å². The first kappa shape index (κ1) is 11.5. The van der Waals surface area contributed by atoms with Gasteiger partial charge in [0.1, 0.15) is 5.82 Å². The van der Waals surface area contributed by atoms with Crippen LogP contribution in [0.25, 0.3) is 0 Å². The van der Waals surface area contributed by atoms with E-state index >= 15 is 0 Å². The number of nitrogens with one attached hydrogen (secondary N) is 2. The SMILES string of the molecule is O=C(NCCc1nccs1)Nc1ccccn1. The highest BCUT2D eigenvalue weighted by atomic mass is 32.1. The summed E-state index contributed by atoms with van der Waals surface area (Å²) in [7, 11) is 0. The number of aromatic nitrogens is 2. The van der Waals surface area contributed by atoms with E-state index in [1.54, 1.807) is 35.9 Å². The lowest BCUT2D eigenvalue weighted by Gasteiger charge is -2.05. The third-order valence-electron chi connectivity index (χ3n) is 2.01. The van der Waals surface area contributed by atoms with Gasteiger partial charge in [0.05, 0.1) is 5.01 Å². The first-order chi connectivity index (χ1) is 8.34. The van der Waals surface area contributed by atoms with Gasteiger partial charge in [-0.15, -0.1) is 11.3 Å². The van der Waals surface area contributed by atoms with Crippen LogP contribution < -0.4 is 10.6 Å². The van der Waals surface area contributed by atoms with E-state index in [-0.39, 0.29) is 6.03 Å². The zero-order valence-electron chi connectivity index (χ0n) is 9.09. The van der Waals surface area contributed by atoms with E-state index in [9.17, 15) is 4.79 Å². The minimum Gasteiger partial charge on any atom is -0.337 e. The van der Waals surface area contributed by atoms with E-state index in [2.05, 4.69) is 20.6 Å². The Hall–Kier alpha value is -1.95. The van der Waals surface area contributed by atoms with Crippen molar-refractivity contribution in [3.63, 3.8) is 0 Å². The maximum atomic E-state index is 11.5. The van der Waals surface area contributed by atoms with Gasteiger partial charge in [-0.05, 0) is 12.1 Å². The summed E-state index contributed by atoms with van der Waals surface area (Å²) in [5.41, 5.74) is 0. The van der Waals surface area contributed by atoms with E-state index in [4.69, 9.17) is 0 Å². The summed E-state index contributed by atoms with van der Waals surface area (Å²) >= 11 is 1.58. The van der Waals surface area contributed by atoms with Gasteiger partial charge in [-0.25, -0.2) is 14.8 Å². The molecule has 5 nitrogen and oxygen atoms in total. The smallest absolute Gasteiger partial charge is 0.320 e. The summed E-state index contributed by atoms with van der Waals surface area (Å²) in [5, 5.41) is 8.33. The predicted octanol–water partition coefficient (Wildman–Crippen LogP) is 1.90. The number of nitrogens with zero attached hydrogens (tertiary/aromatic N) is 2. The quantitative estimate of drug-likeness (QED) is 0.868. The van der Waals surface area contributed by atoms with Gasteiger partial charge in [-0.2, -0.15) is 0 Å². The summed E-state index contributed by atoms with van der Waals surface area (Å²) in [5.74, 6) is 0.541. The second-order valence-corrected chi connectivity index (χ2v) is 4.25. The molecule has 0 unspecified atom stereocenters. The number of hydrogen-bond acceptors (Lipinski definition) is 4. The first-order valence-corrected chi connectivity index (χ1v) is 6.07. The van der Waals surface area contributed by atoms with Crippen molar-refractivity contribution >= 4 is 23.2 Å². The minimum atomic E-state index is -0.250. The Balaban J connectivity index is 1.71. The maximum Gasteiger partial charge on any atom is 0.320 e. The van der Waals surface area contributed by atoms with E-state index in [1.165, 1.54) is 0 Å². The largest absolute Gasteiger partial charge is 0.337 e.